The number of carbonyl (C=O) groups excluding carboxylic acids is 1. The van der Waals surface area contributed by atoms with Gasteiger partial charge >= 0.3 is 5.97 Å². The van der Waals surface area contributed by atoms with Crippen LogP contribution in [0.4, 0.5) is 0 Å². The van der Waals surface area contributed by atoms with Gasteiger partial charge in [-0.15, -0.1) is 0 Å². The Morgan fingerprint density at radius 2 is 1.90 bits per heavy atom. The van der Waals surface area contributed by atoms with Gasteiger partial charge in [-0.1, -0.05) is 12.1 Å². The molecule has 1 rings (SSSR count). The highest BCUT2D eigenvalue weighted by Crippen LogP contribution is 2.11. The van der Waals surface area contributed by atoms with Crippen molar-refractivity contribution in [3.8, 4) is 5.75 Å². The Balaban J connectivity index is 2.58. The lowest BCUT2D eigenvalue weighted by atomic mass is 10.1. The number of benzene rings is 1. The molecule has 1 unspecified atom stereocenters. The number of hydrogen-bond acceptors (Lipinski definition) is 4. The summed E-state index contributed by atoms with van der Waals surface area (Å²) in [4.78, 5) is 22.8. The van der Waals surface area contributed by atoms with E-state index in [0.29, 0.717) is 6.42 Å². The van der Waals surface area contributed by atoms with E-state index in [-0.39, 0.29) is 30.5 Å². The van der Waals surface area contributed by atoms with E-state index in [1.165, 1.54) is 12.1 Å². The van der Waals surface area contributed by atoms with Gasteiger partial charge in [-0.05, 0) is 31.0 Å². The van der Waals surface area contributed by atoms with Crippen molar-refractivity contribution >= 4 is 11.9 Å². The average molecular weight is 280 g/mol. The molecular formula is C14H20N2O4. The summed E-state index contributed by atoms with van der Waals surface area (Å²) >= 11 is 0. The summed E-state index contributed by atoms with van der Waals surface area (Å²) in [5.74, 6) is -1.30. The third-order valence-electron chi connectivity index (χ3n) is 2.84. The minimum atomic E-state index is -1.09. The molecule has 0 spiro atoms. The van der Waals surface area contributed by atoms with Gasteiger partial charge in [-0.25, -0.2) is 4.79 Å². The summed E-state index contributed by atoms with van der Waals surface area (Å²) < 4.78 is 0. The first-order valence-corrected chi connectivity index (χ1v) is 6.44. The maximum Gasteiger partial charge on any atom is 0.326 e. The number of nitrogens with two attached hydrogens (primary N) is 1. The highest BCUT2D eigenvalue weighted by Gasteiger charge is 2.20. The second kappa shape index (κ2) is 7.49. The minimum Gasteiger partial charge on any atom is -0.508 e. The Hall–Kier alpha value is -2.08. The second-order valence-electron chi connectivity index (χ2n) is 4.84. The van der Waals surface area contributed by atoms with Gasteiger partial charge in [0.25, 0.3) is 0 Å². The first kappa shape index (κ1) is 16.0. The van der Waals surface area contributed by atoms with Crippen molar-refractivity contribution < 1.29 is 19.8 Å². The van der Waals surface area contributed by atoms with Crippen LogP contribution in [0.25, 0.3) is 0 Å². The number of phenolic OH excluding ortho intramolecular Hbond substituents is 1. The first-order valence-electron chi connectivity index (χ1n) is 6.44. The zero-order valence-electron chi connectivity index (χ0n) is 11.4. The van der Waals surface area contributed by atoms with Gasteiger partial charge in [0.2, 0.25) is 5.91 Å². The van der Waals surface area contributed by atoms with E-state index in [4.69, 9.17) is 15.9 Å². The van der Waals surface area contributed by atoms with Gasteiger partial charge in [0.1, 0.15) is 11.8 Å². The van der Waals surface area contributed by atoms with Crippen LogP contribution in [-0.4, -0.2) is 34.2 Å². The zero-order chi connectivity index (χ0) is 15.1. The van der Waals surface area contributed by atoms with Crippen molar-refractivity contribution in [2.75, 3.05) is 0 Å². The van der Waals surface area contributed by atoms with Crippen LogP contribution in [0.3, 0.4) is 0 Å². The van der Waals surface area contributed by atoms with Crippen LogP contribution in [0.2, 0.25) is 0 Å². The van der Waals surface area contributed by atoms with Crippen LogP contribution < -0.4 is 11.1 Å². The lowest BCUT2D eigenvalue weighted by molar-refractivity contribution is -0.141. The van der Waals surface area contributed by atoms with Gasteiger partial charge in [0.05, 0.1) is 0 Å². The van der Waals surface area contributed by atoms with Crippen LogP contribution in [0.15, 0.2) is 24.3 Å². The molecule has 1 aromatic carbocycles. The predicted molar refractivity (Wildman–Crippen MR) is 74.3 cm³/mol. The summed E-state index contributed by atoms with van der Waals surface area (Å²) in [5, 5.41) is 20.8. The van der Waals surface area contributed by atoms with E-state index in [1.54, 1.807) is 19.1 Å². The molecule has 0 bridgehead atoms. The average Bonchev–Trinajstić information content (AvgIpc) is 2.38. The van der Waals surface area contributed by atoms with Gasteiger partial charge in [-0.3, -0.25) is 4.79 Å². The molecule has 0 saturated heterocycles. The number of amides is 1. The lowest BCUT2D eigenvalue weighted by Crippen LogP contribution is -2.42. The fourth-order valence-corrected chi connectivity index (χ4v) is 1.69. The molecule has 110 valence electrons. The normalized spacial score (nSPS) is 13.5. The number of nitrogens with one attached hydrogen (secondary N) is 1. The van der Waals surface area contributed by atoms with Crippen molar-refractivity contribution in [1.29, 1.82) is 0 Å². The number of phenols is 1. The van der Waals surface area contributed by atoms with Gasteiger partial charge in [0.15, 0.2) is 0 Å². The van der Waals surface area contributed by atoms with E-state index in [1.807, 2.05) is 0 Å². The quantitative estimate of drug-likeness (QED) is 0.585. The summed E-state index contributed by atoms with van der Waals surface area (Å²) in [7, 11) is 0. The number of aliphatic carboxylic acids is 1. The number of carbonyl (C=O) groups is 2. The maximum absolute atomic E-state index is 11.6. The van der Waals surface area contributed by atoms with E-state index >= 15 is 0 Å². The van der Waals surface area contributed by atoms with Crippen molar-refractivity contribution in [2.24, 2.45) is 5.73 Å². The fraction of sp³-hybridized carbons (Fsp3) is 0.429. The van der Waals surface area contributed by atoms with Gasteiger partial charge in [0, 0.05) is 18.9 Å². The number of rotatable bonds is 7. The Bertz CT molecular complexity index is 457. The van der Waals surface area contributed by atoms with Crippen LogP contribution >= 0.6 is 0 Å². The molecule has 2 atom stereocenters. The van der Waals surface area contributed by atoms with Crippen LogP contribution in [0.1, 0.15) is 25.3 Å². The third-order valence-corrected chi connectivity index (χ3v) is 2.84. The highest BCUT2D eigenvalue weighted by atomic mass is 16.4. The maximum atomic E-state index is 11.6. The fourth-order valence-electron chi connectivity index (χ4n) is 1.69. The van der Waals surface area contributed by atoms with Crippen LogP contribution in [-0.2, 0) is 16.0 Å². The highest BCUT2D eigenvalue weighted by molar-refractivity contribution is 5.83. The number of carboxylic acids is 1. The monoisotopic (exact) mass is 280 g/mol. The van der Waals surface area contributed by atoms with Gasteiger partial charge < -0.3 is 21.3 Å². The number of aromatic hydroxyl groups is 1. The topological polar surface area (TPSA) is 113 Å². The Morgan fingerprint density at radius 1 is 1.30 bits per heavy atom. The summed E-state index contributed by atoms with van der Waals surface area (Å²) in [6.45, 7) is 1.79. The van der Waals surface area contributed by atoms with Crippen molar-refractivity contribution in [1.82, 2.24) is 5.32 Å². The smallest absolute Gasteiger partial charge is 0.326 e. The first-order chi connectivity index (χ1) is 9.38. The molecule has 0 aromatic heterocycles. The van der Waals surface area contributed by atoms with Crippen LogP contribution in [0.5, 0.6) is 5.75 Å². The minimum absolute atomic E-state index is 0.0962. The van der Waals surface area contributed by atoms with Gasteiger partial charge in [-0.2, -0.15) is 0 Å². The molecule has 20 heavy (non-hydrogen) atoms. The molecule has 1 amide bonds. The van der Waals surface area contributed by atoms with Crippen molar-refractivity contribution in [3.05, 3.63) is 29.8 Å². The van der Waals surface area contributed by atoms with Crippen molar-refractivity contribution in [3.63, 3.8) is 0 Å². The molecule has 5 N–H and O–H groups in total. The lowest BCUT2D eigenvalue weighted by Gasteiger charge is -2.15. The third kappa shape index (κ3) is 5.71. The summed E-state index contributed by atoms with van der Waals surface area (Å²) in [6, 6.07) is 5.12. The molecule has 0 saturated carbocycles. The Labute approximate surface area is 117 Å². The molecule has 0 aliphatic rings. The Morgan fingerprint density at radius 3 is 2.40 bits per heavy atom. The molecule has 0 fully saturated rings. The predicted octanol–water partition coefficient (Wildman–Crippen LogP) is 0.631. The van der Waals surface area contributed by atoms with E-state index in [0.717, 1.165) is 5.56 Å². The van der Waals surface area contributed by atoms with E-state index in [2.05, 4.69) is 5.32 Å². The SMILES string of the molecule is CC(N)CCC(=O)N[C@H](Cc1ccc(O)cc1)C(=O)O. The molecule has 0 aliphatic carbocycles. The van der Waals surface area contributed by atoms with Crippen LogP contribution in [0, 0.1) is 0 Å². The number of carboxylic acid groups (broad SMARTS) is 1. The molecular weight excluding hydrogens is 260 g/mol. The summed E-state index contributed by atoms with van der Waals surface area (Å²) in [5.41, 5.74) is 6.27. The number of hydrogen-bond donors (Lipinski definition) is 4. The Kier molecular flexibility index (Phi) is 5.99. The molecule has 1 aromatic rings. The molecule has 0 aliphatic heterocycles. The van der Waals surface area contributed by atoms with Crippen molar-refractivity contribution in [2.45, 2.75) is 38.3 Å². The molecule has 0 heterocycles. The summed E-state index contributed by atoms with van der Waals surface area (Å²) in [6.07, 6.45) is 0.883. The standard InChI is InChI=1S/C14H20N2O4/c1-9(15)2-7-13(18)16-12(14(19)20)8-10-3-5-11(17)6-4-10/h3-6,9,12,17H,2,7-8,15H2,1H3,(H,16,18)(H,19,20)/t9?,12-/m1/s1. The molecule has 6 heteroatoms. The zero-order valence-corrected chi connectivity index (χ0v) is 11.4. The van der Waals surface area contributed by atoms with E-state index in [9.17, 15) is 9.59 Å². The second-order valence-corrected chi connectivity index (χ2v) is 4.84. The largest absolute Gasteiger partial charge is 0.508 e. The molecule has 0 radical (unpaired) electrons. The molecule has 6 nitrogen and oxygen atoms in total. The van der Waals surface area contributed by atoms with E-state index < -0.39 is 12.0 Å².